The average molecular weight is 250 g/mol. The number of nitrogens with zero attached hydrogens (tertiary/aromatic N) is 1. The lowest BCUT2D eigenvalue weighted by Crippen LogP contribution is -2.40. The van der Waals surface area contributed by atoms with Gasteiger partial charge in [-0.3, -0.25) is 4.90 Å². The lowest BCUT2D eigenvalue weighted by atomic mass is 10.0. The monoisotopic (exact) mass is 250 g/mol. The van der Waals surface area contributed by atoms with E-state index in [9.17, 15) is 0 Å². The van der Waals surface area contributed by atoms with E-state index in [1.807, 2.05) is 13.0 Å². The van der Waals surface area contributed by atoms with Gasteiger partial charge >= 0.3 is 0 Å². The largest absolute Gasteiger partial charge is 0.465 e. The summed E-state index contributed by atoms with van der Waals surface area (Å²) in [6, 6.07) is 4.44. The van der Waals surface area contributed by atoms with Gasteiger partial charge in [0.05, 0.1) is 6.04 Å². The highest BCUT2D eigenvalue weighted by molar-refractivity contribution is 5.12. The SMILES string of the molecule is Cc1ccc(C(C(C)N)N2CCCC(C)CC2)o1. The third-order valence-corrected chi connectivity index (χ3v) is 4.00. The molecule has 0 bridgehead atoms. The third-order valence-electron chi connectivity index (χ3n) is 4.00. The zero-order valence-electron chi connectivity index (χ0n) is 11.9. The summed E-state index contributed by atoms with van der Waals surface area (Å²) in [4.78, 5) is 2.51. The lowest BCUT2D eigenvalue weighted by Gasteiger charge is -2.31. The van der Waals surface area contributed by atoms with Crippen LogP contribution in [0.4, 0.5) is 0 Å². The molecule has 0 radical (unpaired) electrons. The zero-order chi connectivity index (χ0) is 13.1. The summed E-state index contributed by atoms with van der Waals surface area (Å²) in [5.74, 6) is 2.83. The Kier molecular flexibility index (Phi) is 4.46. The van der Waals surface area contributed by atoms with E-state index in [1.165, 1.54) is 19.3 Å². The number of hydrogen-bond acceptors (Lipinski definition) is 3. The van der Waals surface area contributed by atoms with Gasteiger partial charge in [-0.05, 0) is 64.3 Å². The van der Waals surface area contributed by atoms with Crippen molar-refractivity contribution in [1.29, 1.82) is 0 Å². The van der Waals surface area contributed by atoms with Crippen molar-refractivity contribution in [2.45, 2.75) is 52.1 Å². The van der Waals surface area contributed by atoms with Crippen molar-refractivity contribution in [3.8, 4) is 0 Å². The van der Waals surface area contributed by atoms with Gasteiger partial charge in [-0.15, -0.1) is 0 Å². The first-order chi connectivity index (χ1) is 8.58. The van der Waals surface area contributed by atoms with Gasteiger partial charge in [-0.25, -0.2) is 0 Å². The maximum absolute atomic E-state index is 6.19. The molecule has 0 aromatic carbocycles. The summed E-state index contributed by atoms with van der Waals surface area (Å²) in [6.07, 6.45) is 3.87. The highest BCUT2D eigenvalue weighted by atomic mass is 16.3. The van der Waals surface area contributed by atoms with Gasteiger partial charge in [0.1, 0.15) is 11.5 Å². The third kappa shape index (κ3) is 3.15. The Bertz CT molecular complexity index is 372. The van der Waals surface area contributed by atoms with E-state index in [4.69, 9.17) is 10.2 Å². The van der Waals surface area contributed by atoms with E-state index in [0.29, 0.717) is 0 Å². The summed E-state index contributed by atoms with van der Waals surface area (Å²) in [7, 11) is 0. The first-order valence-corrected chi connectivity index (χ1v) is 7.14. The molecule has 1 aromatic heterocycles. The Morgan fingerprint density at radius 3 is 2.72 bits per heavy atom. The number of likely N-dealkylation sites (tertiary alicyclic amines) is 1. The fraction of sp³-hybridized carbons (Fsp3) is 0.733. The van der Waals surface area contributed by atoms with Crippen LogP contribution in [0.3, 0.4) is 0 Å². The molecule has 2 heterocycles. The quantitative estimate of drug-likeness (QED) is 0.896. The van der Waals surface area contributed by atoms with E-state index in [2.05, 4.69) is 24.8 Å². The Balaban J connectivity index is 2.14. The number of rotatable bonds is 3. The molecule has 102 valence electrons. The molecule has 18 heavy (non-hydrogen) atoms. The molecule has 3 nitrogen and oxygen atoms in total. The van der Waals surface area contributed by atoms with Crippen LogP contribution in [0.25, 0.3) is 0 Å². The van der Waals surface area contributed by atoms with E-state index in [1.54, 1.807) is 0 Å². The average Bonchev–Trinajstić information content (AvgIpc) is 2.60. The van der Waals surface area contributed by atoms with Crippen LogP contribution in [0.1, 0.15) is 50.7 Å². The predicted octanol–water partition coefficient (Wildman–Crippen LogP) is 3.10. The summed E-state index contributed by atoms with van der Waals surface area (Å²) < 4.78 is 5.81. The first-order valence-electron chi connectivity index (χ1n) is 7.14. The molecular weight excluding hydrogens is 224 g/mol. The standard InChI is InChI=1S/C15H26N2O/c1-11-5-4-9-17(10-8-11)15(13(3)16)14-7-6-12(2)18-14/h6-7,11,13,15H,4-5,8-10,16H2,1-3H3. The molecule has 3 unspecified atom stereocenters. The van der Waals surface area contributed by atoms with Gasteiger partial charge in [-0.2, -0.15) is 0 Å². The van der Waals surface area contributed by atoms with Crippen LogP contribution in [0.5, 0.6) is 0 Å². The molecule has 1 aliphatic heterocycles. The van der Waals surface area contributed by atoms with Gasteiger partial charge in [-0.1, -0.05) is 6.92 Å². The predicted molar refractivity (Wildman–Crippen MR) is 74.4 cm³/mol. The van der Waals surface area contributed by atoms with Crippen molar-refractivity contribution in [3.63, 3.8) is 0 Å². The van der Waals surface area contributed by atoms with Crippen LogP contribution in [-0.4, -0.2) is 24.0 Å². The number of furan rings is 1. The highest BCUT2D eigenvalue weighted by Gasteiger charge is 2.28. The van der Waals surface area contributed by atoms with Crippen molar-refractivity contribution < 1.29 is 4.42 Å². The second-order valence-corrected chi connectivity index (χ2v) is 5.82. The normalized spacial score (nSPS) is 25.7. The summed E-state index contributed by atoms with van der Waals surface area (Å²) in [6.45, 7) is 8.69. The molecule has 0 aliphatic carbocycles. The minimum absolute atomic E-state index is 0.101. The molecule has 2 N–H and O–H groups in total. The van der Waals surface area contributed by atoms with E-state index in [0.717, 1.165) is 30.5 Å². The first kappa shape index (κ1) is 13.6. The van der Waals surface area contributed by atoms with Crippen LogP contribution >= 0.6 is 0 Å². The van der Waals surface area contributed by atoms with E-state index in [-0.39, 0.29) is 12.1 Å². The van der Waals surface area contributed by atoms with E-state index < -0.39 is 0 Å². The number of hydrogen-bond donors (Lipinski definition) is 1. The highest BCUT2D eigenvalue weighted by Crippen LogP contribution is 2.29. The minimum atomic E-state index is 0.101. The second-order valence-electron chi connectivity index (χ2n) is 5.82. The van der Waals surface area contributed by atoms with Crippen LogP contribution in [0.15, 0.2) is 16.5 Å². The molecule has 1 aromatic rings. The van der Waals surface area contributed by atoms with Crippen molar-refractivity contribution in [1.82, 2.24) is 4.90 Å². The molecule has 1 fully saturated rings. The Hall–Kier alpha value is -0.800. The maximum atomic E-state index is 6.19. The Labute approximate surface area is 110 Å². The molecule has 3 atom stereocenters. The molecule has 0 amide bonds. The second kappa shape index (κ2) is 5.89. The maximum Gasteiger partial charge on any atom is 0.122 e. The van der Waals surface area contributed by atoms with E-state index >= 15 is 0 Å². The summed E-state index contributed by atoms with van der Waals surface area (Å²) in [5, 5.41) is 0. The molecule has 2 rings (SSSR count). The molecule has 3 heteroatoms. The Morgan fingerprint density at radius 2 is 2.11 bits per heavy atom. The molecule has 0 spiro atoms. The fourth-order valence-corrected chi connectivity index (χ4v) is 2.95. The number of aryl methyl sites for hydroxylation is 1. The topological polar surface area (TPSA) is 42.4 Å². The summed E-state index contributed by atoms with van der Waals surface area (Å²) >= 11 is 0. The fourth-order valence-electron chi connectivity index (χ4n) is 2.95. The number of nitrogens with two attached hydrogens (primary N) is 1. The molecule has 1 saturated heterocycles. The minimum Gasteiger partial charge on any atom is -0.465 e. The van der Waals surface area contributed by atoms with Crippen molar-refractivity contribution in [2.75, 3.05) is 13.1 Å². The van der Waals surface area contributed by atoms with Crippen molar-refractivity contribution >= 4 is 0 Å². The Morgan fingerprint density at radius 1 is 1.33 bits per heavy atom. The van der Waals surface area contributed by atoms with Gasteiger partial charge in [0, 0.05) is 6.04 Å². The van der Waals surface area contributed by atoms with Gasteiger partial charge < -0.3 is 10.2 Å². The van der Waals surface area contributed by atoms with Crippen molar-refractivity contribution in [2.24, 2.45) is 11.7 Å². The van der Waals surface area contributed by atoms with Gasteiger partial charge in [0.2, 0.25) is 0 Å². The zero-order valence-corrected chi connectivity index (χ0v) is 11.9. The van der Waals surface area contributed by atoms with Crippen molar-refractivity contribution in [3.05, 3.63) is 23.7 Å². The van der Waals surface area contributed by atoms with Crippen LogP contribution < -0.4 is 5.73 Å². The smallest absolute Gasteiger partial charge is 0.122 e. The lowest BCUT2D eigenvalue weighted by molar-refractivity contribution is 0.158. The van der Waals surface area contributed by atoms with Crippen LogP contribution in [0.2, 0.25) is 0 Å². The molecule has 0 saturated carbocycles. The van der Waals surface area contributed by atoms with Crippen LogP contribution in [0, 0.1) is 12.8 Å². The molecular formula is C15H26N2O. The van der Waals surface area contributed by atoms with Gasteiger partial charge in [0.15, 0.2) is 0 Å². The summed E-state index contributed by atoms with van der Waals surface area (Å²) in [5.41, 5.74) is 6.19. The van der Waals surface area contributed by atoms with Gasteiger partial charge in [0.25, 0.3) is 0 Å². The molecule has 1 aliphatic rings. The van der Waals surface area contributed by atoms with Crippen LogP contribution in [-0.2, 0) is 0 Å².